The third-order valence-corrected chi connectivity index (χ3v) is 9.53. The standard InChI is InChI=1S/C28H31BrClFN6O2Si/c29-25-12-21-22(14-32-25)37(15-24(40)23-7-10-38-23)27(34-21)16-36-8-5-19(6-9-36)39-28-20(31)13-33-26(35-28)11-17-1-3-18(30)4-2-17/h1-4,12-14,19,23-24H,5-11,15-16H2,40H3/t23-,24-/m0/s1. The number of halogens is 3. The van der Waals surface area contributed by atoms with E-state index in [-0.39, 0.29) is 12.0 Å². The molecule has 2 aliphatic rings. The minimum atomic E-state index is -0.538. The molecule has 0 saturated carbocycles. The van der Waals surface area contributed by atoms with Crippen LogP contribution in [0.4, 0.5) is 4.39 Å². The summed E-state index contributed by atoms with van der Waals surface area (Å²) in [5.74, 6) is 1.04. The van der Waals surface area contributed by atoms with E-state index in [1.165, 1.54) is 6.20 Å². The van der Waals surface area contributed by atoms with Gasteiger partial charge in [-0.1, -0.05) is 23.7 Å². The molecule has 0 spiro atoms. The van der Waals surface area contributed by atoms with Crippen molar-refractivity contribution in [2.75, 3.05) is 19.7 Å². The topological polar surface area (TPSA) is 78.2 Å². The Labute approximate surface area is 248 Å². The van der Waals surface area contributed by atoms with E-state index in [0.717, 1.165) is 89.3 Å². The van der Waals surface area contributed by atoms with Gasteiger partial charge in [-0.25, -0.2) is 15.0 Å². The zero-order chi connectivity index (χ0) is 27.6. The number of likely N-dealkylation sites (tertiary alicyclic amines) is 1. The van der Waals surface area contributed by atoms with E-state index in [2.05, 4.69) is 40.3 Å². The molecule has 0 aliphatic carbocycles. The normalized spacial score (nSPS) is 19.1. The summed E-state index contributed by atoms with van der Waals surface area (Å²) >= 11 is 9.46. The van der Waals surface area contributed by atoms with Crippen molar-refractivity contribution >= 4 is 48.8 Å². The zero-order valence-corrected chi connectivity index (χ0v) is 26.6. The highest BCUT2D eigenvalue weighted by Crippen LogP contribution is 2.28. The number of hydrogen-bond acceptors (Lipinski definition) is 7. The largest absolute Gasteiger partial charge is 0.472 e. The molecule has 0 N–H and O–H groups in total. The Kier molecular flexibility index (Phi) is 8.45. The number of fused-ring (bicyclic) bond motifs is 1. The Morgan fingerprint density at radius 3 is 2.62 bits per heavy atom. The number of nitrogens with zero attached hydrogens (tertiary/aromatic N) is 6. The predicted octanol–water partition coefficient (Wildman–Crippen LogP) is 4.35. The van der Waals surface area contributed by atoms with Gasteiger partial charge in [0, 0.05) is 47.9 Å². The van der Waals surface area contributed by atoms with Crippen LogP contribution in [-0.4, -0.2) is 71.5 Å². The van der Waals surface area contributed by atoms with Gasteiger partial charge >= 0.3 is 0 Å². The first-order valence-electron chi connectivity index (χ1n) is 13.7. The van der Waals surface area contributed by atoms with Gasteiger partial charge in [0.05, 0.1) is 36.1 Å². The van der Waals surface area contributed by atoms with Crippen LogP contribution in [-0.2, 0) is 24.2 Å². The average molecular weight is 646 g/mol. The minimum Gasteiger partial charge on any atom is -0.472 e. The molecule has 0 radical (unpaired) electrons. The molecule has 5 heterocycles. The summed E-state index contributed by atoms with van der Waals surface area (Å²) in [6.45, 7) is 4.17. The van der Waals surface area contributed by atoms with Crippen LogP contribution < -0.4 is 4.74 Å². The van der Waals surface area contributed by atoms with Crippen molar-refractivity contribution in [3.05, 3.63) is 75.4 Å². The first-order chi connectivity index (χ1) is 19.4. The van der Waals surface area contributed by atoms with Crippen molar-refractivity contribution in [2.45, 2.75) is 56.5 Å². The van der Waals surface area contributed by atoms with Crippen LogP contribution in [0.1, 0.15) is 36.5 Å². The summed E-state index contributed by atoms with van der Waals surface area (Å²) < 4.78 is 29.5. The molecule has 40 heavy (non-hydrogen) atoms. The Balaban J connectivity index is 1.09. The van der Waals surface area contributed by atoms with Crippen molar-refractivity contribution in [3.8, 4) is 5.88 Å². The van der Waals surface area contributed by atoms with Crippen molar-refractivity contribution < 1.29 is 13.9 Å². The maximum absolute atomic E-state index is 14.5. The molecule has 8 nitrogen and oxygen atoms in total. The number of hydrogen-bond donors (Lipinski definition) is 0. The van der Waals surface area contributed by atoms with E-state index < -0.39 is 5.82 Å². The maximum atomic E-state index is 14.5. The van der Waals surface area contributed by atoms with Crippen LogP contribution in [0, 0.1) is 5.82 Å². The second-order valence-corrected chi connectivity index (χ2v) is 13.4. The zero-order valence-electron chi connectivity index (χ0n) is 22.3. The molecule has 2 fully saturated rings. The van der Waals surface area contributed by atoms with Gasteiger partial charge < -0.3 is 14.0 Å². The SMILES string of the molecule is Fc1cnc(Cc2ccc(Cl)cc2)nc1OC1CCN(Cc2nc3cc(Br)ncc3n2C[C@H]([SiH3])[C@@H]2CCO2)CC1. The van der Waals surface area contributed by atoms with Crippen LogP contribution >= 0.6 is 27.5 Å². The summed E-state index contributed by atoms with van der Waals surface area (Å²) in [5.41, 5.74) is 3.54. The number of piperidine rings is 1. The van der Waals surface area contributed by atoms with Gasteiger partial charge in [0.1, 0.15) is 22.4 Å². The van der Waals surface area contributed by atoms with Gasteiger partial charge in [0.2, 0.25) is 5.82 Å². The number of imidazole rings is 1. The molecule has 1 aromatic carbocycles. The number of pyridine rings is 1. The van der Waals surface area contributed by atoms with E-state index in [4.69, 9.17) is 26.1 Å². The molecule has 3 aromatic heterocycles. The van der Waals surface area contributed by atoms with E-state index in [9.17, 15) is 4.39 Å². The molecule has 2 saturated heterocycles. The van der Waals surface area contributed by atoms with Gasteiger partial charge in [0.15, 0.2) is 0 Å². The van der Waals surface area contributed by atoms with Gasteiger partial charge in [-0.2, -0.15) is 9.37 Å². The molecule has 2 atom stereocenters. The Morgan fingerprint density at radius 1 is 1.12 bits per heavy atom. The van der Waals surface area contributed by atoms with Gasteiger partial charge in [0.25, 0.3) is 5.88 Å². The predicted molar refractivity (Wildman–Crippen MR) is 158 cm³/mol. The number of rotatable bonds is 9. The highest BCUT2D eigenvalue weighted by Gasteiger charge is 2.28. The minimum absolute atomic E-state index is 0.0219. The summed E-state index contributed by atoms with van der Waals surface area (Å²) in [5, 5.41) is 0.668. The summed E-state index contributed by atoms with van der Waals surface area (Å²) in [7, 11) is 1.06. The van der Waals surface area contributed by atoms with E-state index in [1.807, 2.05) is 36.5 Å². The highest BCUT2D eigenvalue weighted by molar-refractivity contribution is 9.10. The van der Waals surface area contributed by atoms with Crippen LogP contribution in [0.2, 0.25) is 10.6 Å². The van der Waals surface area contributed by atoms with Gasteiger partial charge in [-0.3, -0.25) is 4.90 Å². The molecule has 4 aromatic rings. The molecular weight excluding hydrogens is 615 g/mol. The summed E-state index contributed by atoms with van der Waals surface area (Å²) in [6.07, 6.45) is 6.54. The summed E-state index contributed by atoms with van der Waals surface area (Å²) in [4.78, 5) is 20.4. The Morgan fingerprint density at radius 2 is 1.90 bits per heavy atom. The molecule has 0 bridgehead atoms. The fourth-order valence-electron chi connectivity index (χ4n) is 5.36. The van der Waals surface area contributed by atoms with E-state index >= 15 is 0 Å². The second-order valence-electron chi connectivity index (χ2n) is 10.6. The lowest BCUT2D eigenvalue weighted by Crippen LogP contribution is -2.39. The molecule has 12 heteroatoms. The molecular formula is C28H31BrClFN6O2Si. The Hall–Kier alpha value is -2.44. The fraction of sp³-hybridized carbons (Fsp3) is 0.429. The van der Waals surface area contributed by atoms with E-state index in [1.54, 1.807) is 0 Å². The lowest BCUT2D eigenvalue weighted by molar-refractivity contribution is -0.0556. The molecule has 210 valence electrons. The third kappa shape index (κ3) is 6.38. The lowest BCUT2D eigenvalue weighted by Gasteiger charge is -2.33. The van der Waals surface area contributed by atoms with Crippen molar-refractivity contribution in [1.29, 1.82) is 0 Å². The van der Waals surface area contributed by atoms with Crippen LogP contribution in [0.15, 0.2) is 47.3 Å². The second kappa shape index (κ2) is 12.2. The lowest BCUT2D eigenvalue weighted by atomic mass is 10.1. The molecule has 0 amide bonds. The van der Waals surface area contributed by atoms with E-state index in [0.29, 0.717) is 28.9 Å². The van der Waals surface area contributed by atoms with Crippen LogP contribution in [0.5, 0.6) is 5.88 Å². The van der Waals surface area contributed by atoms with Gasteiger partial charge in [-0.05, 0) is 64.5 Å². The van der Waals surface area contributed by atoms with Crippen LogP contribution in [0.3, 0.4) is 0 Å². The average Bonchev–Trinajstić information content (AvgIpc) is 3.23. The molecule has 0 unspecified atom stereocenters. The van der Waals surface area contributed by atoms with Crippen molar-refractivity contribution in [1.82, 2.24) is 29.4 Å². The van der Waals surface area contributed by atoms with Crippen molar-refractivity contribution in [3.63, 3.8) is 0 Å². The third-order valence-electron chi connectivity index (χ3n) is 7.74. The summed E-state index contributed by atoms with van der Waals surface area (Å²) in [6, 6.07) is 9.45. The van der Waals surface area contributed by atoms with Crippen molar-refractivity contribution in [2.24, 2.45) is 0 Å². The number of benzene rings is 1. The quantitative estimate of drug-likeness (QED) is 0.198. The highest BCUT2D eigenvalue weighted by atomic mass is 79.9. The molecule has 2 aliphatic heterocycles. The number of ether oxygens (including phenoxy) is 2. The maximum Gasteiger partial charge on any atom is 0.254 e. The fourth-order valence-corrected chi connectivity index (χ4v) is 6.70. The first kappa shape index (κ1) is 27.7. The number of aromatic nitrogens is 5. The monoisotopic (exact) mass is 644 g/mol. The Bertz CT molecular complexity index is 1480. The first-order valence-corrected chi connectivity index (χ1v) is 16.0. The smallest absolute Gasteiger partial charge is 0.254 e. The molecule has 6 rings (SSSR count). The van der Waals surface area contributed by atoms with Crippen LogP contribution in [0.25, 0.3) is 11.0 Å². The van der Waals surface area contributed by atoms with Gasteiger partial charge in [-0.15, -0.1) is 0 Å².